The van der Waals surface area contributed by atoms with Gasteiger partial charge in [-0.15, -0.1) is 0 Å². The van der Waals surface area contributed by atoms with Crippen LogP contribution in [0.15, 0.2) is 36.5 Å². The molecule has 1 saturated heterocycles. The van der Waals surface area contributed by atoms with E-state index >= 15 is 0 Å². The largest absolute Gasteiger partial charge is 0.396 e. The molecule has 1 fully saturated rings. The average molecular weight is 370 g/mol. The number of rotatable bonds is 9. The fourth-order valence-electron chi connectivity index (χ4n) is 4.28. The second-order valence-electron chi connectivity index (χ2n) is 8.28. The summed E-state index contributed by atoms with van der Waals surface area (Å²) < 4.78 is 2.08. The van der Waals surface area contributed by atoms with Gasteiger partial charge in [0, 0.05) is 31.5 Å². The number of aliphatic hydroxyl groups excluding tert-OH is 1. The summed E-state index contributed by atoms with van der Waals surface area (Å²) in [6, 6.07) is 10.7. The Kier molecular flexibility index (Phi) is 7.08. The fourth-order valence-corrected chi connectivity index (χ4v) is 4.28. The van der Waals surface area contributed by atoms with Gasteiger partial charge in [-0.05, 0) is 69.5 Å². The fraction of sp³-hybridized carbons (Fsp3) is 0.609. The van der Waals surface area contributed by atoms with Crippen LogP contribution < -0.4 is 0 Å². The molecule has 2 aromatic rings. The minimum absolute atomic E-state index is 0.118. The minimum Gasteiger partial charge on any atom is -0.396 e. The van der Waals surface area contributed by atoms with E-state index in [1.54, 1.807) is 0 Å². The number of aromatic nitrogens is 2. The summed E-state index contributed by atoms with van der Waals surface area (Å²) in [5.74, 6) is 0. The molecule has 1 aromatic carbocycles. The monoisotopic (exact) mass is 369 g/mol. The third kappa shape index (κ3) is 5.43. The van der Waals surface area contributed by atoms with Crippen LogP contribution in [0.4, 0.5) is 0 Å². The van der Waals surface area contributed by atoms with Crippen molar-refractivity contribution in [2.75, 3.05) is 19.7 Å². The second kappa shape index (κ2) is 9.52. The predicted octanol–water partition coefficient (Wildman–Crippen LogP) is 4.20. The lowest BCUT2D eigenvalue weighted by molar-refractivity contribution is 0.0329. The molecule has 1 N–H and O–H groups in total. The summed E-state index contributed by atoms with van der Waals surface area (Å²) in [7, 11) is 0. The molecule has 1 aliphatic heterocycles. The van der Waals surface area contributed by atoms with Crippen LogP contribution in [0.3, 0.4) is 0 Å². The van der Waals surface area contributed by atoms with Crippen molar-refractivity contribution >= 4 is 0 Å². The number of aliphatic hydroxyl groups is 1. The highest BCUT2D eigenvalue weighted by atomic mass is 16.3. The van der Waals surface area contributed by atoms with Crippen molar-refractivity contribution in [3.05, 3.63) is 53.3 Å². The number of piperidine rings is 1. The van der Waals surface area contributed by atoms with Gasteiger partial charge in [0.05, 0.1) is 5.69 Å². The number of benzene rings is 1. The number of hydrogen-bond acceptors (Lipinski definition) is 3. The maximum atomic E-state index is 10.1. The van der Waals surface area contributed by atoms with Gasteiger partial charge in [0.25, 0.3) is 0 Å². The van der Waals surface area contributed by atoms with Crippen LogP contribution in [-0.4, -0.2) is 39.5 Å². The Morgan fingerprint density at radius 2 is 1.89 bits per heavy atom. The van der Waals surface area contributed by atoms with E-state index in [-0.39, 0.29) is 5.41 Å². The van der Waals surface area contributed by atoms with Crippen molar-refractivity contribution in [3.8, 4) is 0 Å². The first-order chi connectivity index (χ1) is 13.1. The highest BCUT2D eigenvalue weighted by Gasteiger charge is 2.33. The Bertz CT molecular complexity index is 687. The minimum atomic E-state index is 0.118. The van der Waals surface area contributed by atoms with E-state index in [2.05, 4.69) is 65.1 Å². The zero-order chi connectivity index (χ0) is 19.1. The maximum Gasteiger partial charge on any atom is 0.0638 e. The number of likely N-dealkylation sites (tertiary alicyclic amines) is 1. The van der Waals surface area contributed by atoms with Crippen molar-refractivity contribution in [1.82, 2.24) is 14.7 Å². The van der Waals surface area contributed by atoms with E-state index in [0.29, 0.717) is 6.61 Å². The summed E-state index contributed by atoms with van der Waals surface area (Å²) in [5, 5.41) is 14.7. The smallest absolute Gasteiger partial charge is 0.0638 e. The highest BCUT2D eigenvalue weighted by molar-refractivity contribution is 5.16. The molecule has 0 atom stereocenters. The molecule has 0 spiro atoms. The zero-order valence-corrected chi connectivity index (χ0v) is 17.0. The van der Waals surface area contributed by atoms with Gasteiger partial charge in [0.2, 0.25) is 0 Å². The second-order valence-corrected chi connectivity index (χ2v) is 8.28. The van der Waals surface area contributed by atoms with Gasteiger partial charge < -0.3 is 5.11 Å². The van der Waals surface area contributed by atoms with Crippen LogP contribution in [0.2, 0.25) is 0 Å². The van der Waals surface area contributed by atoms with Crippen LogP contribution in [0.25, 0.3) is 0 Å². The summed E-state index contributed by atoms with van der Waals surface area (Å²) in [5.41, 5.74) is 4.03. The van der Waals surface area contributed by atoms with Crippen molar-refractivity contribution < 1.29 is 5.11 Å². The number of nitrogens with zero attached hydrogens (tertiary/aromatic N) is 3. The van der Waals surface area contributed by atoms with Gasteiger partial charge in [-0.1, -0.05) is 37.3 Å². The van der Waals surface area contributed by atoms with Crippen LogP contribution in [0, 0.1) is 12.3 Å². The first-order valence-corrected chi connectivity index (χ1v) is 10.5. The molecule has 0 saturated carbocycles. The first-order valence-electron chi connectivity index (χ1n) is 10.5. The van der Waals surface area contributed by atoms with Crippen LogP contribution in [-0.2, 0) is 19.5 Å². The summed E-state index contributed by atoms with van der Waals surface area (Å²) >= 11 is 0. The normalized spacial score (nSPS) is 17.3. The van der Waals surface area contributed by atoms with Crippen LogP contribution in [0.5, 0.6) is 0 Å². The van der Waals surface area contributed by atoms with Gasteiger partial charge in [0.15, 0.2) is 0 Å². The molecule has 0 unspecified atom stereocenters. The van der Waals surface area contributed by atoms with Crippen molar-refractivity contribution in [1.29, 1.82) is 0 Å². The van der Waals surface area contributed by atoms with E-state index in [1.165, 1.54) is 11.1 Å². The predicted molar refractivity (Wildman–Crippen MR) is 111 cm³/mol. The average Bonchev–Trinajstić information content (AvgIpc) is 3.03. The summed E-state index contributed by atoms with van der Waals surface area (Å²) in [6.07, 6.45) is 8.93. The van der Waals surface area contributed by atoms with E-state index in [0.717, 1.165) is 70.4 Å². The molecular formula is C23H35N3O. The Morgan fingerprint density at radius 3 is 2.56 bits per heavy atom. The Labute approximate surface area is 164 Å². The van der Waals surface area contributed by atoms with Gasteiger partial charge in [-0.3, -0.25) is 9.58 Å². The quantitative estimate of drug-likeness (QED) is 0.720. The van der Waals surface area contributed by atoms with Crippen LogP contribution in [0.1, 0.15) is 55.8 Å². The van der Waals surface area contributed by atoms with Gasteiger partial charge in [0.1, 0.15) is 0 Å². The molecule has 2 heterocycles. The molecule has 0 radical (unpaired) electrons. The van der Waals surface area contributed by atoms with E-state index in [9.17, 15) is 5.11 Å². The molecule has 1 aromatic heterocycles. The molecule has 0 aliphatic carbocycles. The van der Waals surface area contributed by atoms with Gasteiger partial charge in [-0.2, -0.15) is 5.10 Å². The lowest BCUT2D eigenvalue weighted by Crippen LogP contribution is -2.41. The lowest BCUT2D eigenvalue weighted by atomic mass is 9.75. The van der Waals surface area contributed by atoms with Crippen molar-refractivity contribution in [2.24, 2.45) is 5.41 Å². The lowest BCUT2D eigenvalue weighted by Gasteiger charge is -2.41. The van der Waals surface area contributed by atoms with Crippen LogP contribution >= 0.6 is 0 Å². The van der Waals surface area contributed by atoms with E-state index in [1.807, 2.05) is 0 Å². The van der Waals surface area contributed by atoms with E-state index in [4.69, 9.17) is 0 Å². The molecule has 0 amide bonds. The number of hydrogen-bond donors (Lipinski definition) is 1. The Balaban J connectivity index is 1.48. The summed E-state index contributed by atoms with van der Waals surface area (Å²) in [4.78, 5) is 2.53. The molecule has 27 heavy (non-hydrogen) atoms. The zero-order valence-electron chi connectivity index (χ0n) is 17.0. The van der Waals surface area contributed by atoms with Crippen molar-refractivity contribution in [3.63, 3.8) is 0 Å². The molecule has 4 nitrogen and oxygen atoms in total. The first kappa shape index (κ1) is 20.1. The highest BCUT2D eigenvalue weighted by Crippen LogP contribution is 2.36. The maximum absolute atomic E-state index is 10.1. The Morgan fingerprint density at radius 1 is 1.15 bits per heavy atom. The van der Waals surface area contributed by atoms with Crippen molar-refractivity contribution in [2.45, 2.75) is 65.5 Å². The standard InChI is InChI=1S/C23H35N3O/c1-3-14-26-18-22(20(2)24-26)17-25-15-12-23(19-27,13-16-25)11-7-10-21-8-5-4-6-9-21/h4-6,8-9,18,27H,3,7,10-17,19H2,1-2H3. The summed E-state index contributed by atoms with van der Waals surface area (Å²) in [6.45, 7) is 8.76. The number of aryl methyl sites for hydroxylation is 3. The van der Waals surface area contributed by atoms with E-state index < -0.39 is 0 Å². The Hall–Kier alpha value is -1.65. The third-order valence-corrected chi connectivity index (χ3v) is 6.16. The topological polar surface area (TPSA) is 41.3 Å². The molecule has 1 aliphatic rings. The third-order valence-electron chi connectivity index (χ3n) is 6.16. The van der Waals surface area contributed by atoms with Gasteiger partial charge >= 0.3 is 0 Å². The SMILES string of the molecule is CCCn1cc(CN2CCC(CO)(CCCc3ccccc3)CC2)c(C)n1. The molecule has 4 heteroatoms. The van der Waals surface area contributed by atoms with Gasteiger partial charge in [-0.25, -0.2) is 0 Å². The molecule has 148 valence electrons. The molecular weight excluding hydrogens is 334 g/mol. The molecule has 0 bridgehead atoms. The molecule has 3 rings (SSSR count).